The summed E-state index contributed by atoms with van der Waals surface area (Å²) in [6, 6.07) is 8.61. The van der Waals surface area contributed by atoms with Gasteiger partial charge in [0.2, 0.25) is 0 Å². The van der Waals surface area contributed by atoms with Gasteiger partial charge in [0.15, 0.2) is 0 Å². The molecule has 2 rings (SSSR count). The van der Waals surface area contributed by atoms with Crippen molar-refractivity contribution in [1.82, 2.24) is 9.97 Å². The van der Waals surface area contributed by atoms with Crippen LogP contribution in [0.25, 0.3) is 11.3 Å². The van der Waals surface area contributed by atoms with E-state index in [4.69, 9.17) is 5.73 Å². The lowest BCUT2D eigenvalue weighted by Crippen LogP contribution is -2.17. The van der Waals surface area contributed by atoms with Crippen LogP contribution in [0.5, 0.6) is 0 Å². The molecule has 1 atom stereocenters. The molecule has 0 fully saturated rings. The van der Waals surface area contributed by atoms with Crippen molar-refractivity contribution in [3.8, 4) is 11.3 Å². The summed E-state index contributed by atoms with van der Waals surface area (Å²) in [5.41, 5.74) is 9.21. The topological polar surface area (TPSA) is 54.7 Å². The minimum Gasteiger partial charge on any atom is -0.345 e. The van der Waals surface area contributed by atoms with E-state index in [0.717, 1.165) is 17.7 Å². The molecule has 1 unspecified atom stereocenters. The number of rotatable bonds is 3. The van der Waals surface area contributed by atoms with Crippen LogP contribution in [0.2, 0.25) is 0 Å². The Morgan fingerprint density at radius 2 is 2.07 bits per heavy atom. The molecular weight excluding hydrogens is 186 g/mol. The molecule has 3 N–H and O–H groups in total. The van der Waals surface area contributed by atoms with E-state index in [1.165, 1.54) is 5.56 Å². The molecular formula is C12H15N3. The average molecular weight is 201 g/mol. The Hall–Kier alpha value is -1.61. The molecule has 0 saturated heterocycles. The van der Waals surface area contributed by atoms with Crippen molar-refractivity contribution < 1.29 is 0 Å². The Bertz CT molecular complexity index is 401. The molecule has 0 amide bonds. The highest BCUT2D eigenvalue weighted by molar-refractivity contribution is 5.58. The highest BCUT2D eigenvalue weighted by Gasteiger charge is 2.00. The van der Waals surface area contributed by atoms with E-state index >= 15 is 0 Å². The minimum absolute atomic E-state index is 0.211. The quantitative estimate of drug-likeness (QED) is 0.797. The molecule has 1 aromatic heterocycles. The van der Waals surface area contributed by atoms with E-state index in [-0.39, 0.29) is 6.04 Å². The van der Waals surface area contributed by atoms with E-state index in [9.17, 15) is 0 Å². The second-order valence-electron chi connectivity index (χ2n) is 3.84. The fourth-order valence-electron chi connectivity index (χ4n) is 1.61. The second-order valence-corrected chi connectivity index (χ2v) is 3.84. The molecule has 2 aromatic rings. The molecule has 3 heteroatoms. The average Bonchev–Trinajstić information content (AvgIpc) is 2.71. The number of hydrogen-bond donors (Lipinski definition) is 2. The maximum Gasteiger partial charge on any atom is 0.0924 e. The van der Waals surface area contributed by atoms with Gasteiger partial charge in [0.25, 0.3) is 0 Å². The van der Waals surface area contributed by atoms with Gasteiger partial charge < -0.3 is 10.7 Å². The van der Waals surface area contributed by atoms with Gasteiger partial charge in [-0.1, -0.05) is 24.3 Å². The molecule has 0 radical (unpaired) electrons. The van der Waals surface area contributed by atoms with Crippen molar-refractivity contribution >= 4 is 0 Å². The first kappa shape index (κ1) is 9.93. The molecule has 1 heterocycles. The number of aromatic amines is 1. The summed E-state index contributed by atoms with van der Waals surface area (Å²) in [7, 11) is 0. The van der Waals surface area contributed by atoms with Crippen LogP contribution in [0.3, 0.4) is 0 Å². The smallest absolute Gasteiger partial charge is 0.0924 e. The summed E-state index contributed by atoms with van der Waals surface area (Å²) in [4.78, 5) is 7.07. The molecule has 0 aliphatic heterocycles. The maximum absolute atomic E-state index is 5.74. The van der Waals surface area contributed by atoms with Gasteiger partial charge in [0, 0.05) is 6.04 Å². The highest BCUT2D eigenvalue weighted by atomic mass is 14.9. The van der Waals surface area contributed by atoms with Crippen molar-refractivity contribution in [2.45, 2.75) is 19.4 Å². The molecule has 3 nitrogen and oxygen atoms in total. The normalized spacial score (nSPS) is 12.7. The van der Waals surface area contributed by atoms with Crippen LogP contribution in [0, 0.1) is 0 Å². The molecule has 0 spiro atoms. The summed E-state index contributed by atoms with van der Waals surface area (Å²) in [6.45, 7) is 2.02. The number of imidazole rings is 1. The van der Waals surface area contributed by atoms with Gasteiger partial charge in [-0.25, -0.2) is 4.98 Å². The van der Waals surface area contributed by atoms with Crippen molar-refractivity contribution in [2.75, 3.05) is 0 Å². The van der Waals surface area contributed by atoms with Crippen LogP contribution < -0.4 is 5.73 Å². The number of nitrogens with zero attached hydrogens (tertiary/aromatic N) is 1. The predicted octanol–water partition coefficient (Wildman–Crippen LogP) is 1.97. The van der Waals surface area contributed by atoms with Gasteiger partial charge in [-0.15, -0.1) is 0 Å². The van der Waals surface area contributed by atoms with Crippen LogP contribution >= 0.6 is 0 Å². The molecule has 0 aliphatic carbocycles. The van der Waals surface area contributed by atoms with Gasteiger partial charge in [0.05, 0.1) is 18.2 Å². The monoisotopic (exact) mass is 201 g/mol. The van der Waals surface area contributed by atoms with E-state index in [1.54, 1.807) is 6.33 Å². The summed E-state index contributed by atoms with van der Waals surface area (Å²) in [5, 5.41) is 0. The fourth-order valence-corrected chi connectivity index (χ4v) is 1.61. The Balaban J connectivity index is 2.17. The first-order valence-corrected chi connectivity index (χ1v) is 5.09. The number of nitrogens with two attached hydrogens (primary N) is 1. The number of benzene rings is 1. The van der Waals surface area contributed by atoms with E-state index in [2.05, 4.69) is 34.2 Å². The third-order valence-electron chi connectivity index (χ3n) is 2.32. The van der Waals surface area contributed by atoms with Gasteiger partial charge in [-0.05, 0) is 24.5 Å². The largest absolute Gasteiger partial charge is 0.345 e. The van der Waals surface area contributed by atoms with Crippen LogP contribution in [0.1, 0.15) is 12.5 Å². The van der Waals surface area contributed by atoms with Gasteiger partial charge in [0.1, 0.15) is 0 Å². The Kier molecular flexibility index (Phi) is 2.83. The zero-order chi connectivity index (χ0) is 10.7. The fraction of sp³-hybridized carbons (Fsp3) is 0.250. The van der Waals surface area contributed by atoms with Crippen LogP contribution in [0.15, 0.2) is 36.8 Å². The number of aromatic nitrogens is 2. The first-order chi connectivity index (χ1) is 7.25. The molecule has 15 heavy (non-hydrogen) atoms. The predicted molar refractivity (Wildman–Crippen MR) is 61.4 cm³/mol. The summed E-state index contributed by atoms with van der Waals surface area (Å²) >= 11 is 0. The first-order valence-electron chi connectivity index (χ1n) is 5.09. The number of hydrogen-bond acceptors (Lipinski definition) is 2. The molecule has 0 aliphatic rings. The highest BCUT2D eigenvalue weighted by Crippen LogP contribution is 2.16. The number of H-pyrrole nitrogens is 1. The molecule has 1 aromatic carbocycles. The summed E-state index contributed by atoms with van der Waals surface area (Å²) in [5.74, 6) is 0. The molecule has 78 valence electrons. The zero-order valence-corrected chi connectivity index (χ0v) is 8.77. The Labute approximate surface area is 89.4 Å². The maximum atomic E-state index is 5.74. The lowest BCUT2D eigenvalue weighted by atomic mass is 10.0. The summed E-state index contributed by atoms with van der Waals surface area (Å²) < 4.78 is 0. The van der Waals surface area contributed by atoms with Crippen LogP contribution in [-0.2, 0) is 6.42 Å². The van der Waals surface area contributed by atoms with Crippen molar-refractivity contribution in [2.24, 2.45) is 5.73 Å². The van der Waals surface area contributed by atoms with Crippen molar-refractivity contribution in [1.29, 1.82) is 0 Å². The van der Waals surface area contributed by atoms with Crippen LogP contribution in [0.4, 0.5) is 0 Å². The van der Waals surface area contributed by atoms with Gasteiger partial charge >= 0.3 is 0 Å². The number of nitrogens with one attached hydrogen (secondary N) is 1. The molecule has 0 bridgehead atoms. The van der Waals surface area contributed by atoms with Gasteiger partial charge in [-0.2, -0.15) is 0 Å². The lowest BCUT2D eigenvalue weighted by Gasteiger charge is -2.05. The standard InChI is InChI=1S/C12H15N3/c1-9(13)6-10-2-4-11(5-3-10)12-7-14-8-15-12/h2-5,7-9H,6,13H2,1H3,(H,14,15). The van der Waals surface area contributed by atoms with Crippen LogP contribution in [-0.4, -0.2) is 16.0 Å². The SMILES string of the molecule is CC(N)Cc1ccc(-c2cnc[nH]2)cc1. The van der Waals surface area contributed by atoms with Gasteiger partial charge in [-0.3, -0.25) is 0 Å². The van der Waals surface area contributed by atoms with E-state index in [0.29, 0.717) is 0 Å². The third-order valence-corrected chi connectivity index (χ3v) is 2.32. The van der Waals surface area contributed by atoms with Crippen molar-refractivity contribution in [3.63, 3.8) is 0 Å². The minimum atomic E-state index is 0.211. The summed E-state index contributed by atoms with van der Waals surface area (Å²) in [6.07, 6.45) is 4.43. The van der Waals surface area contributed by atoms with E-state index < -0.39 is 0 Å². The van der Waals surface area contributed by atoms with Crippen molar-refractivity contribution in [3.05, 3.63) is 42.4 Å². The molecule has 0 saturated carbocycles. The Morgan fingerprint density at radius 3 is 2.60 bits per heavy atom. The zero-order valence-electron chi connectivity index (χ0n) is 8.77. The lowest BCUT2D eigenvalue weighted by molar-refractivity contribution is 0.738. The Morgan fingerprint density at radius 1 is 1.33 bits per heavy atom. The second kappa shape index (κ2) is 4.28. The van der Waals surface area contributed by atoms with E-state index in [1.807, 2.05) is 13.1 Å². The third kappa shape index (κ3) is 2.44.